The SMILES string of the molecule is Cc1nc2ccccn2c(=O)c1CCN1CCN(c2cccc3sccc23)CC1.Cl. The molecule has 0 N–H and O–H groups in total. The summed E-state index contributed by atoms with van der Waals surface area (Å²) in [4.78, 5) is 22.4. The number of benzene rings is 1. The summed E-state index contributed by atoms with van der Waals surface area (Å²) in [6, 6.07) is 14.5. The van der Waals surface area contributed by atoms with E-state index in [-0.39, 0.29) is 18.0 Å². The lowest BCUT2D eigenvalue weighted by Crippen LogP contribution is -2.47. The van der Waals surface area contributed by atoms with Gasteiger partial charge in [-0.1, -0.05) is 12.1 Å². The van der Waals surface area contributed by atoms with Gasteiger partial charge in [-0.15, -0.1) is 23.7 Å². The first-order chi connectivity index (χ1) is 14.2. The number of thiophene rings is 1. The molecule has 0 amide bonds. The highest BCUT2D eigenvalue weighted by molar-refractivity contribution is 7.17. The van der Waals surface area contributed by atoms with Gasteiger partial charge in [-0.05, 0) is 49.1 Å². The molecule has 0 aliphatic carbocycles. The van der Waals surface area contributed by atoms with Crippen LogP contribution < -0.4 is 10.5 Å². The molecular formula is C23H25ClN4OS. The van der Waals surface area contributed by atoms with Gasteiger partial charge in [0.05, 0.1) is 0 Å². The van der Waals surface area contributed by atoms with Crippen molar-refractivity contribution in [2.75, 3.05) is 37.6 Å². The van der Waals surface area contributed by atoms with Gasteiger partial charge in [0.15, 0.2) is 0 Å². The molecule has 4 heterocycles. The summed E-state index contributed by atoms with van der Waals surface area (Å²) in [7, 11) is 0. The molecule has 7 heteroatoms. The highest BCUT2D eigenvalue weighted by Gasteiger charge is 2.19. The number of halogens is 1. The number of aromatic nitrogens is 2. The van der Waals surface area contributed by atoms with E-state index in [9.17, 15) is 4.79 Å². The van der Waals surface area contributed by atoms with Gasteiger partial charge in [-0.25, -0.2) is 4.98 Å². The second-order valence-electron chi connectivity index (χ2n) is 7.60. The maximum absolute atomic E-state index is 12.9. The van der Waals surface area contributed by atoms with Crippen LogP contribution in [0, 0.1) is 6.92 Å². The van der Waals surface area contributed by atoms with Crippen LogP contribution in [0.4, 0.5) is 5.69 Å². The Balaban J connectivity index is 0.00000218. The van der Waals surface area contributed by atoms with Crippen molar-refractivity contribution < 1.29 is 0 Å². The maximum Gasteiger partial charge on any atom is 0.261 e. The summed E-state index contributed by atoms with van der Waals surface area (Å²) in [5, 5.41) is 3.53. The van der Waals surface area contributed by atoms with Gasteiger partial charge in [0, 0.05) is 66.0 Å². The second-order valence-corrected chi connectivity index (χ2v) is 8.55. The third-order valence-corrected chi connectivity index (χ3v) is 6.78. The fourth-order valence-electron chi connectivity index (χ4n) is 4.26. The number of piperazine rings is 1. The van der Waals surface area contributed by atoms with Crippen molar-refractivity contribution in [2.24, 2.45) is 0 Å². The molecule has 0 spiro atoms. The van der Waals surface area contributed by atoms with E-state index in [1.165, 1.54) is 15.8 Å². The third kappa shape index (κ3) is 3.83. The molecule has 1 aliphatic rings. The average Bonchev–Trinajstić information content (AvgIpc) is 3.23. The second kappa shape index (κ2) is 8.76. The number of hydrogen-bond acceptors (Lipinski definition) is 5. The van der Waals surface area contributed by atoms with Crippen LogP contribution in [-0.4, -0.2) is 47.0 Å². The highest BCUT2D eigenvalue weighted by atomic mass is 35.5. The number of fused-ring (bicyclic) bond motifs is 2. The minimum Gasteiger partial charge on any atom is -0.368 e. The maximum atomic E-state index is 12.9. The molecule has 1 saturated heterocycles. The molecule has 1 fully saturated rings. The van der Waals surface area contributed by atoms with Crippen LogP contribution in [0.15, 0.2) is 58.8 Å². The number of hydrogen-bond donors (Lipinski definition) is 0. The van der Waals surface area contributed by atoms with Crippen molar-refractivity contribution in [2.45, 2.75) is 13.3 Å². The number of rotatable bonds is 4. The topological polar surface area (TPSA) is 40.9 Å². The van der Waals surface area contributed by atoms with E-state index in [1.54, 1.807) is 21.9 Å². The normalized spacial score (nSPS) is 14.9. The fourth-order valence-corrected chi connectivity index (χ4v) is 5.07. The monoisotopic (exact) mass is 440 g/mol. The van der Waals surface area contributed by atoms with E-state index in [2.05, 4.69) is 44.4 Å². The lowest BCUT2D eigenvalue weighted by Gasteiger charge is -2.36. The molecule has 1 aromatic carbocycles. The van der Waals surface area contributed by atoms with Crippen LogP contribution in [0.5, 0.6) is 0 Å². The van der Waals surface area contributed by atoms with Gasteiger partial charge < -0.3 is 4.90 Å². The van der Waals surface area contributed by atoms with Crippen molar-refractivity contribution in [3.05, 3.63) is 75.7 Å². The molecule has 0 unspecified atom stereocenters. The Morgan fingerprint density at radius 3 is 2.70 bits per heavy atom. The molecule has 1 aliphatic heterocycles. The molecule has 3 aromatic heterocycles. The van der Waals surface area contributed by atoms with Crippen LogP contribution >= 0.6 is 23.7 Å². The largest absolute Gasteiger partial charge is 0.368 e. The number of aryl methyl sites for hydroxylation is 1. The predicted molar refractivity (Wildman–Crippen MR) is 128 cm³/mol. The molecular weight excluding hydrogens is 416 g/mol. The zero-order valence-corrected chi connectivity index (χ0v) is 18.6. The van der Waals surface area contributed by atoms with E-state index < -0.39 is 0 Å². The minimum absolute atomic E-state index is 0. The molecule has 0 saturated carbocycles. The summed E-state index contributed by atoms with van der Waals surface area (Å²) < 4.78 is 3.01. The zero-order chi connectivity index (χ0) is 19.8. The first-order valence-corrected chi connectivity index (χ1v) is 11.0. The van der Waals surface area contributed by atoms with Crippen LogP contribution in [0.25, 0.3) is 15.7 Å². The van der Waals surface area contributed by atoms with E-state index in [0.29, 0.717) is 0 Å². The van der Waals surface area contributed by atoms with Crippen molar-refractivity contribution in [3.8, 4) is 0 Å². The number of anilines is 1. The molecule has 5 nitrogen and oxygen atoms in total. The standard InChI is InChI=1S/C23H24N4OS.ClH/c1-17-18(23(28)27-10-3-2-7-22(27)24-17)8-11-25-12-14-26(15-13-25)20-5-4-6-21-19(20)9-16-29-21;/h2-7,9-10,16H,8,11-15H2,1H3;1H. The van der Waals surface area contributed by atoms with Gasteiger partial charge in [-0.2, -0.15) is 0 Å². The van der Waals surface area contributed by atoms with Crippen LogP contribution in [0.2, 0.25) is 0 Å². The molecule has 30 heavy (non-hydrogen) atoms. The van der Waals surface area contributed by atoms with Crippen LogP contribution in [0.1, 0.15) is 11.3 Å². The van der Waals surface area contributed by atoms with Crippen molar-refractivity contribution in [1.82, 2.24) is 14.3 Å². The number of pyridine rings is 1. The van der Waals surface area contributed by atoms with Crippen molar-refractivity contribution >= 4 is 45.2 Å². The first-order valence-electron chi connectivity index (χ1n) is 10.1. The Hall–Kier alpha value is -2.41. The van der Waals surface area contributed by atoms with E-state index in [1.807, 2.05) is 25.1 Å². The van der Waals surface area contributed by atoms with Gasteiger partial charge in [0.1, 0.15) is 5.65 Å². The highest BCUT2D eigenvalue weighted by Crippen LogP contribution is 2.31. The van der Waals surface area contributed by atoms with Gasteiger partial charge in [0.2, 0.25) is 0 Å². The van der Waals surface area contributed by atoms with Crippen LogP contribution in [0.3, 0.4) is 0 Å². The predicted octanol–water partition coefficient (Wildman–Crippen LogP) is 4.00. The summed E-state index contributed by atoms with van der Waals surface area (Å²) in [6.07, 6.45) is 2.55. The number of nitrogens with zero attached hydrogens (tertiary/aromatic N) is 4. The van der Waals surface area contributed by atoms with E-state index in [0.717, 1.165) is 56.0 Å². The lowest BCUT2D eigenvalue weighted by molar-refractivity contribution is 0.260. The molecule has 0 bridgehead atoms. The molecule has 0 atom stereocenters. The molecule has 156 valence electrons. The van der Waals surface area contributed by atoms with Gasteiger partial charge in [-0.3, -0.25) is 14.1 Å². The van der Waals surface area contributed by atoms with Crippen LogP contribution in [-0.2, 0) is 6.42 Å². The quantitative estimate of drug-likeness (QED) is 0.481. The molecule has 4 aromatic rings. The van der Waals surface area contributed by atoms with E-state index in [4.69, 9.17) is 0 Å². The Kier molecular flexibility index (Phi) is 6.09. The Morgan fingerprint density at radius 2 is 1.87 bits per heavy atom. The first kappa shape index (κ1) is 20.8. The minimum atomic E-state index is 0. The van der Waals surface area contributed by atoms with Crippen molar-refractivity contribution in [3.63, 3.8) is 0 Å². The molecule has 0 radical (unpaired) electrons. The Labute approximate surface area is 186 Å². The smallest absolute Gasteiger partial charge is 0.261 e. The fraction of sp³-hybridized carbons (Fsp3) is 0.304. The van der Waals surface area contributed by atoms with Gasteiger partial charge >= 0.3 is 0 Å². The summed E-state index contributed by atoms with van der Waals surface area (Å²) >= 11 is 1.80. The van der Waals surface area contributed by atoms with Crippen molar-refractivity contribution in [1.29, 1.82) is 0 Å². The Morgan fingerprint density at radius 1 is 1.03 bits per heavy atom. The van der Waals surface area contributed by atoms with E-state index >= 15 is 0 Å². The van der Waals surface area contributed by atoms with Gasteiger partial charge in [0.25, 0.3) is 5.56 Å². The Bertz CT molecular complexity index is 1230. The summed E-state index contributed by atoms with van der Waals surface area (Å²) in [6.45, 7) is 6.91. The molecule has 5 rings (SSSR count). The zero-order valence-electron chi connectivity index (χ0n) is 17.0. The summed E-state index contributed by atoms with van der Waals surface area (Å²) in [5.41, 5.74) is 3.81. The summed E-state index contributed by atoms with van der Waals surface area (Å²) in [5.74, 6) is 0. The third-order valence-electron chi connectivity index (χ3n) is 5.90. The lowest BCUT2D eigenvalue weighted by atomic mass is 10.1. The average molecular weight is 441 g/mol.